The maximum atomic E-state index is 11.6. The Morgan fingerprint density at radius 1 is 1.38 bits per heavy atom. The van der Waals surface area contributed by atoms with Gasteiger partial charge in [0.1, 0.15) is 9.84 Å². The van der Waals surface area contributed by atoms with E-state index in [4.69, 9.17) is 5.73 Å². The van der Waals surface area contributed by atoms with E-state index >= 15 is 0 Å². The first kappa shape index (κ1) is 12.7. The third kappa shape index (κ3) is 9.62. The molecule has 0 fully saturated rings. The van der Waals surface area contributed by atoms with Crippen LogP contribution in [0.4, 0.5) is 13.2 Å². The Morgan fingerprint density at radius 2 is 1.85 bits per heavy atom. The van der Waals surface area contributed by atoms with Crippen LogP contribution in [-0.2, 0) is 9.84 Å². The molecule has 0 aliphatic carbocycles. The number of sulfone groups is 1. The molecule has 0 radical (unpaired) electrons. The molecule has 1 unspecified atom stereocenters. The van der Waals surface area contributed by atoms with E-state index in [0.717, 1.165) is 6.26 Å². The molecule has 0 aromatic heterocycles. The van der Waals surface area contributed by atoms with E-state index in [1.165, 1.54) is 0 Å². The summed E-state index contributed by atoms with van der Waals surface area (Å²) in [6.07, 6.45) is -4.71. The smallest absolute Gasteiger partial charge is 0.327 e. The van der Waals surface area contributed by atoms with Crippen molar-refractivity contribution in [2.45, 2.75) is 25.1 Å². The quantitative estimate of drug-likeness (QED) is 0.757. The number of hydrogen-bond acceptors (Lipinski definition) is 3. The molecule has 7 heteroatoms. The second kappa shape index (κ2) is 4.28. The maximum Gasteiger partial charge on any atom is 0.389 e. The third-order valence-electron chi connectivity index (χ3n) is 1.32. The van der Waals surface area contributed by atoms with Crippen LogP contribution >= 0.6 is 0 Å². The summed E-state index contributed by atoms with van der Waals surface area (Å²) in [5.74, 6) is -0.400. The van der Waals surface area contributed by atoms with Gasteiger partial charge in [0.25, 0.3) is 0 Å². The molecule has 2 N–H and O–H groups in total. The minimum atomic E-state index is -4.27. The fraction of sp³-hybridized carbons (Fsp3) is 1.00. The Labute approximate surface area is 75.0 Å². The van der Waals surface area contributed by atoms with Crippen molar-refractivity contribution in [3.8, 4) is 0 Å². The standard InChI is InChI=1S/C6H12F3NO2S/c1-13(11,12)4-5(10)2-3-6(7,8)9/h5H,2-4,10H2,1H3. The number of rotatable bonds is 4. The van der Waals surface area contributed by atoms with E-state index in [0.29, 0.717) is 0 Å². The fourth-order valence-electron chi connectivity index (χ4n) is 0.821. The molecule has 0 saturated carbocycles. The van der Waals surface area contributed by atoms with Crippen LogP contribution in [0.25, 0.3) is 0 Å². The maximum absolute atomic E-state index is 11.6. The molecule has 13 heavy (non-hydrogen) atoms. The molecule has 3 nitrogen and oxygen atoms in total. The number of halogens is 3. The van der Waals surface area contributed by atoms with Gasteiger partial charge in [-0.1, -0.05) is 0 Å². The van der Waals surface area contributed by atoms with Crippen molar-refractivity contribution in [2.24, 2.45) is 5.73 Å². The van der Waals surface area contributed by atoms with Crippen LogP contribution in [0, 0.1) is 0 Å². The van der Waals surface area contributed by atoms with Gasteiger partial charge < -0.3 is 5.73 Å². The van der Waals surface area contributed by atoms with E-state index in [1.807, 2.05) is 0 Å². The second-order valence-corrected chi connectivity index (χ2v) is 5.19. The molecule has 80 valence electrons. The van der Waals surface area contributed by atoms with Gasteiger partial charge in [0.2, 0.25) is 0 Å². The van der Waals surface area contributed by atoms with Crippen LogP contribution in [0.2, 0.25) is 0 Å². The first-order valence-electron chi connectivity index (χ1n) is 3.60. The Hall–Kier alpha value is -0.300. The van der Waals surface area contributed by atoms with E-state index < -0.39 is 34.2 Å². The predicted octanol–water partition coefficient (Wildman–Crippen LogP) is 0.701. The molecular formula is C6H12F3NO2S. The van der Waals surface area contributed by atoms with Crippen molar-refractivity contribution in [3.05, 3.63) is 0 Å². The average molecular weight is 219 g/mol. The summed E-state index contributed by atoms with van der Waals surface area (Å²) in [7, 11) is -3.28. The van der Waals surface area contributed by atoms with Crippen molar-refractivity contribution in [1.82, 2.24) is 0 Å². The lowest BCUT2D eigenvalue weighted by atomic mass is 10.2. The Kier molecular flexibility index (Phi) is 4.18. The van der Waals surface area contributed by atoms with E-state index in [9.17, 15) is 21.6 Å². The summed E-state index contributed by atoms with van der Waals surface area (Å²) in [5, 5.41) is 0. The SMILES string of the molecule is CS(=O)(=O)CC(N)CCC(F)(F)F. The number of alkyl halides is 3. The minimum Gasteiger partial charge on any atom is -0.327 e. The van der Waals surface area contributed by atoms with Crippen LogP contribution in [0.3, 0.4) is 0 Å². The van der Waals surface area contributed by atoms with E-state index in [1.54, 1.807) is 0 Å². The van der Waals surface area contributed by atoms with Gasteiger partial charge in [0.15, 0.2) is 0 Å². The van der Waals surface area contributed by atoms with E-state index in [2.05, 4.69) is 0 Å². The van der Waals surface area contributed by atoms with E-state index in [-0.39, 0.29) is 6.42 Å². The molecule has 0 aromatic rings. The molecule has 0 rings (SSSR count). The Balaban J connectivity index is 3.84. The zero-order valence-corrected chi connectivity index (χ0v) is 7.95. The molecule has 0 aliphatic rings. The minimum absolute atomic E-state index is 0.351. The van der Waals surface area contributed by atoms with Crippen LogP contribution in [-0.4, -0.2) is 32.6 Å². The monoisotopic (exact) mass is 219 g/mol. The molecular weight excluding hydrogens is 207 g/mol. The van der Waals surface area contributed by atoms with Gasteiger partial charge in [-0.2, -0.15) is 13.2 Å². The third-order valence-corrected chi connectivity index (χ3v) is 2.35. The van der Waals surface area contributed by atoms with Gasteiger partial charge in [-0.3, -0.25) is 0 Å². The normalized spacial score (nSPS) is 15.8. The average Bonchev–Trinajstić information content (AvgIpc) is 1.78. The van der Waals surface area contributed by atoms with Gasteiger partial charge in [0.05, 0.1) is 5.75 Å². The highest BCUT2D eigenvalue weighted by Gasteiger charge is 2.28. The van der Waals surface area contributed by atoms with Crippen molar-refractivity contribution in [2.75, 3.05) is 12.0 Å². The molecule has 0 saturated heterocycles. The van der Waals surface area contributed by atoms with Gasteiger partial charge in [-0.05, 0) is 6.42 Å². The summed E-state index contributed by atoms with van der Waals surface area (Å²) in [6.45, 7) is 0. The molecule has 0 amide bonds. The van der Waals surface area contributed by atoms with Crippen molar-refractivity contribution in [3.63, 3.8) is 0 Å². The lowest BCUT2D eigenvalue weighted by Gasteiger charge is -2.11. The molecule has 0 aliphatic heterocycles. The zero-order valence-electron chi connectivity index (χ0n) is 7.13. The molecule has 0 heterocycles. The van der Waals surface area contributed by atoms with Crippen LogP contribution in [0.1, 0.15) is 12.8 Å². The summed E-state index contributed by atoms with van der Waals surface area (Å²) in [6, 6.07) is -0.934. The topological polar surface area (TPSA) is 60.2 Å². The predicted molar refractivity (Wildman–Crippen MR) is 43.0 cm³/mol. The van der Waals surface area contributed by atoms with Crippen molar-refractivity contribution < 1.29 is 21.6 Å². The van der Waals surface area contributed by atoms with Gasteiger partial charge >= 0.3 is 6.18 Å². The van der Waals surface area contributed by atoms with Crippen molar-refractivity contribution >= 4 is 9.84 Å². The van der Waals surface area contributed by atoms with Gasteiger partial charge in [-0.25, -0.2) is 8.42 Å². The Morgan fingerprint density at radius 3 is 2.15 bits per heavy atom. The summed E-state index contributed by atoms with van der Waals surface area (Å²) < 4.78 is 56.1. The highest BCUT2D eigenvalue weighted by atomic mass is 32.2. The summed E-state index contributed by atoms with van der Waals surface area (Å²) in [4.78, 5) is 0. The lowest BCUT2D eigenvalue weighted by molar-refractivity contribution is -0.136. The summed E-state index contributed by atoms with van der Waals surface area (Å²) in [5.41, 5.74) is 5.19. The van der Waals surface area contributed by atoms with Gasteiger partial charge in [-0.15, -0.1) is 0 Å². The Bertz CT molecular complexity index is 247. The lowest BCUT2D eigenvalue weighted by Crippen LogP contribution is -2.30. The highest BCUT2D eigenvalue weighted by Crippen LogP contribution is 2.21. The molecule has 0 spiro atoms. The second-order valence-electron chi connectivity index (χ2n) is 3.01. The summed E-state index contributed by atoms with van der Waals surface area (Å²) >= 11 is 0. The number of nitrogens with two attached hydrogens (primary N) is 1. The first-order chi connectivity index (χ1) is 5.60. The fourth-order valence-corrected chi connectivity index (χ4v) is 1.77. The molecule has 1 atom stereocenters. The van der Waals surface area contributed by atoms with Crippen molar-refractivity contribution in [1.29, 1.82) is 0 Å². The van der Waals surface area contributed by atoms with Crippen LogP contribution in [0.5, 0.6) is 0 Å². The van der Waals surface area contributed by atoms with Gasteiger partial charge in [0, 0.05) is 18.7 Å². The van der Waals surface area contributed by atoms with Crippen LogP contribution < -0.4 is 5.73 Å². The first-order valence-corrected chi connectivity index (χ1v) is 5.66. The largest absolute Gasteiger partial charge is 0.389 e. The molecule has 0 aromatic carbocycles. The van der Waals surface area contributed by atoms with Crippen LogP contribution in [0.15, 0.2) is 0 Å². The molecule has 0 bridgehead atoms. The highest BCUT2D eigenvalue weighted by molar-refractivity contribution is 7.90. The zero-order chi connectivity index (χ0) is 10.7. The number of hydrogen-bond donors (Lipinski definition) is 1.